The lowest BCUT2D eigenvalue weighted by Gasteiger charge is -2.43. The van der Waals surface area contributed by atoms with Crippen molar-refractivity contribution in [2.45, 2.75) is 43.9 Å². The molecule has 3 aromatic rings. The summed E-state index contributed by atoms with van der Waals surface area (Å²) >= 11 is 0. The number of carbonyl (C=O) groups excluding carboxylic acids is 2. The number of likely N-dealkylation sites (tertiary alicyclic amines) is 1. The maximum absolute atomic E-state index is 15.9. The third-order valence-electron chi connectivity index (χ3n) is 7.34. The first-order valence-electron chi connectivity index (χ1n) is 12.5. The third kappa shape index (κ3) is 5.11. The van der Waals surface area contributed by atoms with Gasteiger partial charge in [0, 0.05) is 31.7 Å². The van der Waals surface area contributed by atoms with E-state index in [0.717, 1.165) is 29.5 Å². The van der Waals surface area contributed by atoms with Gasteiger partial charge in [0.1, 0.15) is 17.3 Å². The lowest BCUT2D eigenvalue weighted by Crippen LogP contribution is -2.54. The van der Waals surface area contributed by atoms with E-state index >= 15 is 4.39 Å². The highest BCUT2D eigenvalue weighted by atomic mass is 19.1. The molecule has 2 aliphatic rings. The summed E-state index contributed by atoms with van der Waals surface area (Å²) in [5, 5.41) is 16.6. The van der Waals surface area contributed by atoms with Crippen LogP contribution < -0.4 is 11.1 Å². The maximum atomic E-state index is 15.9. The average Bonchev–Trinajstić information content (AvgIpc) is 3.67. The summed E-state index contributed by atoms with van der Waals surface area (Å²) in [5.41, 5.74) is 7.61. The molecule has 2 heterocycles. The van der Waals surface area contributed by atoms with E-state index in [1.165, 1.54) is 10.9 Å². The molecule has 1 saturated carbocycles. The highest BCUT2D eigenvalue weighted by Crippen LogP contribution is 2.38. The van der Waals surface area contributed by atoms with Crippen LogP contribution in [-0.4, -0.2) is 45.8 Å². The minimum atomic E-state index is -1.42. The van der Waals surface area contributed by atoms with Gasteiger partial charge >= 0.3 is 0 Å². The Labute approximate surface area is 214 Å². The first-order valence-corrected chi connectivity index (χ1v) is 12.5. The SMILES string of the molecule is N#CC[C@]1(n2cc(C(N)=O)c(NC(=O)C3CC3)n2)CCN(Cc2ccc(-c3ccccc3)cc2)C[C@H]1F. The van der Waals surface area contributed by atoms with Crippen molar-refractivity contribution in [2.75, 3.05) is 18.4 Å². The van der Waals surface area contributed by atoms with Crippen LogP contribution in [0.4, 0.5) is 10.2 Å². The van der Waals surface area contributed by atoms with Crippen LogP contribution in [0.2, 0.25) is 0 Å². The fraction of sp³-hybridized carbons (Fsp3) is 0.357. The molecule has 190 valence electrons. The number of piperidine rings is 1. The number of primary amides is 1. The molecular weight excluding hydrogens is 471 g/mol. The van der Waals surface area contributed by atoms with Crippen molar-refractivity contribution in [3.05, 3.63) is 71.9 Å². The van der Waals surface area contributed by atoms with Gasteiger partial charge in [0.2, 0.25) is 5.91 Å². The van der Waals surface area contributed by atoms with Gasteiger partial charge in [-0.3, -0.25) is 19.2 Å². The van der Waals surface area contributed by atoms with E-state index in [1.807, 2.05) is 35.2 Å². The van der Waals surface area contributed by atoms with Gasteiger partial charge in [-0.05, 0) is 36.0 Å². The Morgan fingerprint density at radius 3 is 2.46 bits per heavy atom. The Morgan fingerprint density at radius 1 is 1.14 bits per heavy atom. The molecule has 9 heteroatoms. The van der Waals surface area contributed by atoms with Crippen LogP contribution in [0.1, 0.15) is 41.6 Å². The molecule has 0 spiro atoms. The van der Waals surface area contributed by atoms with E-state index in [2.05, 4.69) is 40.8 Å². The van der Waals surface area contributed by atoms with Crippen LogP contribution in [0.3, 0.4) is 0 Å². The van der Waals surface area contributed by atoms with Gasteiger partial charge in [-0.15, -0.1) is 0 Å². The number of halogens is 1. The van der Waals surface area contributed by atoms with Gasteiger partial charge in [-0.2, -0.15) is 10.4 Å². The van der Waals surface area contributed by atoms with Gasteiger partial charge in [0.05, 0.1) is 12.5 Å². The predicted octanol–water partition coefficient (Wildman–Crippen LogP) is 3.85. The molecule has 2 amide bonds. The van der Waals surface area contributed by atoms with Crippen molar-refractivity contribution in [1.82, 2.24) is 14.7 Å². The number of nitrogens with zero attached hydrogens (tertiary/aromatic N) is 4. The number of anilines is 1. The zero-order valence-corrected chi connectivity index (χ0v) is 20.4. The molecule has 1 aliphatic carbocycles. The van der Waals surface area contributed by atoms with Crippen molar-refractivity contribution < 1.29 is 14.0 Å². The molecule has 1 saturated heterocycles. The number of carbonyl (C=O) groups is 2. The summed E-state index contributed by atoms with van der Waals surface area (Å²) in [6.45, 7) is 1.22. The smallest absolute Gasteiger partial charge is 0.254 e. The summed E-state index contributed by atoms with van der Waals surface area (Å²) < 4.78 is 17.2. The monoisotopic (exact) mass is 500 g/mol. The van der Waals surface area contributed by atoms with E-state index in [9.17, 15) is 14.9 Å². The van der Waals surface area contributed by atoms with E-state index in [0.29, 0.717) is 19.5 Å². The standard InChI is InChI=1S/C28H29FN6O2/c29-24-18-34(16-19-6-8-21(9-7-19)20-4-2-1-3-5-20)15-13-28(24,12-14-30)35-17-23(25(31)36)26(33-35)32-27(37)22-10-11-22/h1-9,17,22,24H,10-13,15-16,18H2,(H2,31,36)(H,32,33,37)/t24-,28+/m1/s1. The molecule has 1 aliphatic heterocycles. The predicted molar refractivity (Wildman–Crippen MR) is 137 cm³/mol. The molecule has 8 nitrogen and oxygen atoms in total. The van der Waals surface area contributed by atoms with E-state index in [1.54, 1.807) is 0 Å². The molecule has 2 aromatic carbocycles. The zero-order chi connectivity index (χ0) is 26.0. The summed E-state index contributed by atoms with van der Waals surface area (Å²) in [5.74, 6) is -1.07. The molecule has 3 N–H and O–H groups in total. The summed E-state index contributed by atoms with van der Waals surface area (Å²) in [7, 11) is 0. The van der Waals surface area contributed by atoms with E-state index in [-0.39, 0.29) is 36.2 Å². The highest BCUT2D eigenvalue weighted by molar-refractivity contribution is 6.02. The van der Waals surface area contributed by atoms with Gasteiger partial charge in [-0.25, -0.2) is 4.39 Å². The number of rotatable bonds is 8. The normalized spacial score (nSPS) is 21.8. The number of nitrogens with one attached hydrogen (secondary N) is 1. The molecule has 0 unspecified atom stereocenters. The number of benzene rings is 2. The Kier molecular flexibility index (Phi) is 6.76. The fourth-order valence-electron chi connectivity index (χ4n) is 4.95. The number of nitrogens with two attached hydrogens (primary N) is 1. The van der Waals surface area contributed by atoms with Crippen LogP contribution in [-0.2, 0) is 16.9 Å². The third-order valence-corrected chi connectivity index (χ3v) is 7.34. The topological polar surface area (TPSA) is 117 Å². The lowest BCUT2D eigenvalue weighted by molar-refractivity contribution is -0.117. The molecule has 2 atom stereocenters. The zero-order valence-electron chi connectivity index (χ0n) is 20.4. The quantitative estimate of drug-likeness (QED) is 0.487. The Morgan fingerprint density at radius 2 is 1.84 bits per heavy atom. The molecule has 5 rings (SSSR count). The summed E-state index contributed by atoms with van der Waals surface area (Å²) in [6, 6.07) is 20.4. The lowest BCUT2D eigenvalue weighted by atomic mass is 9.83. The number of nitriles is 1. The van der Waals surface area contributed by atoms with Crippen LogP contribution in [0.15, 0.2) is 60.8 Å². The minimum Gasteiger partial charge on any atom is -0.365 e. The van der Waals surface area contributed by atoms with Gasteiger partial charge in [0.25, 0.3) is 5.91 Å². The van der Waals surface area contributed by atoms with Crippen LogP contribution in [0, 0.1) is 17.2 Å². The van der Waals surface area contributed by atoms with Crippen molar-refractivity contribution in [2.24, 2.45) is 11.7 Å². The number of amides is 2. The van der Waals surface area contributed by atoms with Gasteiger partial charge < -0.3 is 11.1 Å². The van der Waals surface area contributed by atoms with Crippen molar-refractivity contribution in [1.29, 1.82) is 5.26 Å². The fourth-order valence-corrected chi connectivity index (χ4v) is 4.95. The maximum Gasteiger partial charge on any atom is 0.254 e. The second-order valence-corrected chi connectivity index (χ2v) is 9.92. The first-order chi connectivity index (χ1) is 17.9. The highest BCUT2D eigenvalue weighted by Gasteiger charge is 2.47. The molecule has 0 bridgehead atoms. The van der Waals surface area contributed by atoms with Crippen molar-refractivity contribution in [3.63, 3.8) is 0 Å². The van der Waals surface area contributed by atoms with Crippen molar-refractivity contribution >= 4 is 17.6 Å². The Hall–Kier alpha value is -4.03. The summed E-state index contributed by atoms with van der Waals surface area (Å²) in [6.07, 6.45) is 1.72. The van der Waals surface area contributed by atoms with Crippen LogP contribution in [0.5, 0.6) is 0 Å². The Balaban J connectivity index is 1.32. The first kappa shape index (κ1) is 24.7. The summed E-state index contributed by atoms with van der Waals surface area (Å²) in [4.78, 5) is 26.3. The Bertz CT molecular complexity index is 1330. The average molecular weight is 501 g/mol. The largest absolute Gasteiger partial charge is 0.365 e. The molecule has 2 fully saturated rings. The minimum absolute atomic E-state index is 0.0134. The van der Waals surface area contributed by atoms with E-state index in [4.69, 9.17) is 5.73 Å². The molecule has 37 heavy (non-hydrogen) atoms. The molecule has 1 aromatic heterocycles. The van der Waals surface area contributed by atoms with Crippen LogP contribution in [0.25, 0.3) is 11.1 Å². The van der Waals surface area contributed by atoms with E-state index < -0.39 is 17.6 Å². The van der Waals surface area contributed by atoms with Crippen LogP contribution >= 0.6 is 0 Å². The second-order valence-electron chi connectivity index (χ2n) is 9.92. The molecule has 0 radical (unpaired) electrons. The number of alkyl halides is 1. The number of hydrogen-bond acceptors (Lipinski definition) is 5. The number of hydrogen-bond donors (Lipinski definition) is 2. The van der Waals surface area contributed by atoms with Gasteiger partial charge in [-0.1, -0.05) is 54.6 Å². The van der Waals surface area contributed by atoms with Crippen molar-refractivity contribution in [3.8, 4) is 17.2 Å². The van der Waals surface area contributed by atoms with Gasteiger partial charge in [0.15, 0.2) is 5.82 Å². The second kappa shape index (κ2) is 10.1. The number of aromatic nitrogens is 2. The molecular formula is C28H29FN6O2.